The number of hydrogen-bond donors (Lipinski definition) is 2. The van der Waals surface area contributed by atoms with Crippen LogP contribution < -0.4 is 4.72 Å². The maximum absolute atomic E-state index is 12.0. The third-order valence-electron chi connectivity index (χ3n) is 3.29. The van der Waals surface area contributed by atoms with Gasteiger partial charge >= 0.3 is 0 Å². The maximum Gasteiger partial charge on any atom is 0.242 e. The lowest BCUT2D eigenvalue weighted by molar-refractivity contribution is 0.0532. The van der Waals surface area contributed by atoms with E-state index in [0.29, 0.717) is 12.8 Å². The molecule has 2 N–H and O–H groups in total. The molecule has 6 nitrogen and oxygen atoms in total. The number of nitriles is 1. The molecule has 0 aliphatic heterocycles. The smallest absolute Gasteiger partial charge is 0.242 e. The SMILES string of the molecule is N#Cc1ccc(S(=O)(=O)NCC2(O)CCCC2)cn1. The fourth-order valence-electron chi connectivity index (χ4n) is 2.13. The molecular formula is C12H15N3O3S. The summed E-state index contributed by atoms with van der Waals surface area (Å²) in [5, 5.41) is 18.7. The van der Waals surface area contributed by atoms with Crippen molar-refractivity contribution in [2.75, 3.05) is 6.54 Å². The monoisotopic (exact) mass is 281 g/mol. The van der Waals surface area contributed by atoms with Crippen LogP contribution in [0.15, 0.2) is 23.2 Å². The molecule has 0 amide bonds. The summed E-state index contributed by atoms with van der Waals surface area (Å²) in [6.07, 6.45) is 4.19. The van der Waals surface area contributed by atoms with E-state index in [-0.39, 0.29) is 17.1 Å². The Kier molecular flexibility index (Phi) is 3.85. The largest absolute Gasteiger partial charge is 0.389 e. The van der Waals surface area contributed by atoms with Crippen molar-refractivity contribution in [1.82, 2.24) is 9.71 Å². The number of hydrogen-bond acceptors (Lipinski definition) is 5. The molecule has 1 saturated carbocycles. The molecule has 0 aromatic carbocycles. The molecule has 0 atom stereocenters. The normalized spacial score (nSPS) is 18.1. The second kappa shape index (κ2) is 5.25. The van der Waals surface area contributed by atoms with Gasteiger partial charge in [0.25, 0.3) is 0 Å². The Morgan fingerprint density at radius 3 is 2.63 bits per heavy atom. The van der Waals surface area contributed by atoms with Crippen LogP contribution in [0.2, 0.25) is 0 Å². The first-order valence-corrected chi connectivity index (χ1v) is 7.52. The average Bonchev–Trinajstić information content (AvgIpc) is 2.84. The van der Waals surface area contributed by atoms with E-state index in [2.05, 4.69) is 9.71 Å². The first-order valence-electron chi connectivity index (χ1n) is 6.03. The van der Waals surface area contributed by atoms with Gasteiger partial charge in [-0.1, -0.05) is 12.8 Å². The quantitative estimate of drug-likeness (QED) is 0.838. The molecule has 7 heteroatoms. The Bertz CT molecular complexity index is 584. The highest BCUT2D eigenvalue weighted by molar-refractivity contribution is 7.89. The van der Waals surface area contributed by atoms with Crippen molar-refractivity contribution in [3.05, 3.63) is 24.0 Å². The third kappa shape index (κ3) is 3.29. The zero-order valence-corrected chi connectivity index (χ0v) is 11.2. The van der Waals surface area contributed by atoms with Gasteiger partial charge in [-0.05, 0) is 25.0 Å². The summed E-state index contributed by atoms with van der Waals surface area (Å²) in [6.45, 7) is 0.00926. The molecule has 102 valence electrons. The van der Waals surface area contributed by atoms with Gasteiger partial charge in [0.1, 0.15) is 16.7 Å². The van der Waals surface area contributed by atoms with E-state index in [0.717, 1.165) is 19.0 Å². The molecule has 2 rings (SSSR count). The minimum atomic E-state index is -3.69. The predicted octanol–water partition coefficient (Wildman–Crippen LogP) is 0.537. The summed E-state index contributed by atoms with van der Waals surface area (Å²) >= 11 is 0. The summed E-state index contributed by atoms with van der Waals surface area (Å²) in [6, 6.07) is 4.49. The highest BCUT2D eigenvalue weighted by Crippen LogP contribution is 2.28. The van der Waals surface area contributed by atoms with Crippen LogP contribution >= 0.6 is 0 Å². The zero-order chi connectivity index (χ0) is 13.9. The van der Waals surface area contributed by atoms with Gasteiger partial charge in [0, 0.05) is 12.7 Å². The van der Waals surface area contributed by atoms with E-state index in [9.17, 15) is 13.5 Å². The van der Waals surface area contributed by atoms with Crippen molar-refractivity contribution in [2.45, 2.75) is 36.2 Å². The van der Waals surface area contributed by atoms with Gasteiger partial charge in [-0.25, -0.2) is 18.1 Å². The summed E-state index contributed by atoms with van der Waals surface area (Å²) in [5.41, 5.74) is -0.777. The topological polar surface area (TPSA) is 103 Å². The van der Waals surface area contributed by atoms with E-state index in [1.165, 1.54) is 12.1 Å². The van der Waals surface area contributed by atoms with Gasteiger partial charge < -0.3 is 5.11 Å². The first kappa shape index (κ1) is 13.9. The van der Waals surface area contributed by atoms with Crippen LogP contribution in [0.1, 0.15) is 31.4 Å². The van der Waals surface area contributed by atoms with Crippen LogP contribution in [0.3, 0.4) is 0 Å². The van der Waals surface area contributed by atoms with E-state index in [4.69, 9.17) is 5.26 Å². The number of nitrogens with zero attached hydrogens (tertiary/aromatic N) is 2. The summed E-state index contributed by atoms with van der Waals surface area (Å²) in [7, 11) is -3.69. The maximum atomic E-state index is 12.0. The van der Waals surface area contributed by atoms with Crippen molar-refractivity contribution in [3.8, 4) is 6.07 Å². The Balaban J connectivity index is 2.07. The lowest BCUT2D eigenvalue weighted by Crippen LogP contribution is -2.40. The fraction of sp³-hybridized carbons (Fsp3) is 0.500. The number of aliphatic hydroxyl groups is 1. The second-order valence-corrected chi connectivity index (χ2v) is 6.51. The standard InChI is InChI=1S/C12H15N3O3S/c13-7-10-3-4-11(8-14-10)19(17,18)15-9-12(16)5-1-2-6-12/h3-4,8,15-16H,1-2,5-6,9H2. The molecule has 1 heterocycles. The molecule has 1 fully saturated rings. The van der Waals surface area contributed by atoms with Crippen molar-refractivity contribution >= 4 is 10.0 Å². The van der Waals surface area contributed by atoms with E-state index >= 15 is 0 Å². The molecule has 1 aromatic heterocycles. The molecule has 0 spiro atoms. The lowest BCUT2D eigenvalue weighted by Gasteiger charge is -2.22. The first-order chi connectivity index (χ1) is 8.95. The average molecular weight is 281 g/mol. The molecule has 1 aromatic rings. The van der Waals surface area contributed by atoms with Crippen LogP contribution in [-0.4, -0.2) is 30.7 Å². The van der Waals surface area contributed by atoms with Crippen molar-refractivity contribution in [3.63, 3.8) is 0 Å². The Morgan fingerprint density at radius 1 is 1.42 bits per heavy atom. The summed E-state index contributed by atoms with van der Waals surface area (Å²) < 4.78 is 26.4. The van der Waals surface area contributed by atoms with Gasteiger partial charge in [-0.15, -0.1) is 0 Å². The highest BCUT2D eigenvalue weighted by Gasteiger charge is 2.32. The van der Waals surface area contributed by atoms with Crippen LogP contribution in [0.5, 0.6) is 0 Å². The predicted molar refractivity (Wildman–Crippen MR) is 67.6 cm³/mol. The van der Waals surface area contributed by atoms with Crippen LogP contribution in [-0.2, 0) is 10.0 Å². The van der Waals surface area contributed by atoms with Gasteiger partial charge in [0.2, 0.25) is 10.0 Å². The van der Waals surface area contributed by atoms with Crippen LogP contribution in [0.25, 0.3) is 0 Å². The second-order valence-electron chi connectivity index (χ2n) is 4.75. The number of pyridine rings is 1. The van der Waals surface area contributed by atoms with E-state index in [1.54, 1.807) is 0 Å². The molecule has 1 aliphatic carbocycles. The van der Waals surface area contributed by atoms with Gasteiger partial charge in [0.15, 0.2) is 0 Å². The lowest BCUT2D eigenvalue weighted by atomic mass is 10.0. The highest BCUT2D eigenvalue weighted by atomic mass is 32.2. The van der Waals surface area contributed by atoms with E-state index < -0.39 is 15.6 Å². The molecule has 0 saturated heterocycles. The van der Waals surface area contributed by atoms with Crippen LogP contribution in [0.4, 0.5) is 0 Å². The number of nitrogens with one attached hydrogen (secondary N) is 1. The number of aromatic nitrogens is 1. The third-order valence-corrected chi connectivity index (χ3v) is 4.67. The zero-order valence-electron chi connectivity index (χ0n) is 10.3. The summed E-state index contributed by atoms with van der Waals surface area (Å²) in [5.74, 6) is 0. The number of sulfonamides is 1. The van der Waals surface area contributed by atoms with Crippen molar-refractivity contribution in [2.24, 2.45) is 0 Å². The van der Waals surface area contributed by atoms with Gasteiger partial charge in [0.05, 0.1) is 5.60 Å². The van der Waals surface area contributed by atoms with Crippen LogP contribution in [0, 0.1) is 11.3 Å². The molecule has 0 radical (unpaired) electrons. The minimum Gasteiger partial charge on any atom is -0.389 e. The fourth-order valence-corrected chi connectivity index (χ4v) is 3.19. The van der Waals surface area contributed by atoms with Gasteiger partial charge in [-0.3, -0.25) is 0 Å². The minimum absolute atomic E-state index is 0.00639. The molecule has 0 bridgehead atoms. The Morgan fingerprint density at radius 2 is 2.11 bits per heavy atom. The van der Waals surface area contributed by atoms with Gasteiger partial charge in [-0.2, -0.15) is 5.26 Å². The Hall–Kier alpha value is -1.49. The van der Waals surface area contributed by atoms with Crippen molar-refractivity contribution < 1.29 is 13.5 Å². The molecule has 0 unspecified atom stereocenters. The summed E-state index contributed by atoms with van der Waals surface area (Å²) in [4.78, 5) is 3.71. The Labute approximate surface area is 112 Å². The number of rotatable bonds is 4. The molecule has 19 heavy (non-hydrogen) atoms. The molecular weight excluding hydrogens is 266 g/mol. The van der Waals surface area contributed by atoms with E-state index in [1.807, 2.05) is 6.07 Å². The molecule has 1 aliphatic rings. The van der Waals surface area contributed by atoms with Crippen molar-refractivity contribution in [1.29, 1.82) is 5.26 Å².